The minimum absolute atomic E-state index is 0.134. The smallest absolute Gasteiger partial charge is 0.396 e. The Bertz CT molecular complexity index is 456. The molecule has 0 amide bonds. The number of aliphatic hydroxyl groups is 1. The van der Waals surface area contributed by atoms with E-state index in [-0.39, 0.29) is 17.9 Å². The van der Waals surface area contributed by atoms with E-state index >= 15 is 0 Å². The third-order valence-electron chi connectivity index (χ3n) is 3.37. The van der Waals surface area contributed by atoms with Crippen LogP contribution >= 0.6 is 0 Å². The summed E-state index contributed by atoms with van der Waals surface area (Å²) in [6, 6.07) is 0.869. The molecule has 1 aliphatic carbocycles. The third-order valence-corrected chi connectivity index (χ3v) is 3.37. The molecule has 7 heteroatoms. The molecule has 1 heterocycles. The van der Waals surface area contributed by atoms with Gasteiger partial charge in [0.2, 0.25) is 0 Å². The summed E-state index contributed by atoms with van der Waals surface area (Å²) < 4.78 is 37.6. The maximum Gasteiger partial charge on any atom is 0.433 e. The summed E-state index contributed by atoms with van der Waals surface area (Å²) >= 11 is 0. The number of anilines is 2. The Kier molecular flexibility index (Phi) is 3.58. The van der Waals surface area contributed by atoms with Crippen LogP contribution in [0.25, 0.3) is 0 Å². The topological polar surface area (TPSA) is 71.2 Å². The van der Waals surface area contributed by atoms with E-state index in [1.165, 1.54) is 0 Å². The summed E-state index contributed by atoms with van der Waals surface area (Å²) in [5.41, 5.74) is 4.03. The van der Waals surface area contributed by atoms with Crippen molar-refractivity contribution in [3.8, 4) is 0 Å². The van der Waals surface area contributed by atoms with Crippen LogP contribution in [0.4, 0.5) is 24.5 Å². The number of halogens is 3. The number of nitrogens with zero attached hydrogens (tertiary/aromatic N) is 1. The lowest BCUT2D eigenvalue weighted by atomic mass is 10.0. The van der Waals surface area contributed by atoms with E-state index in [9.17, 15) is 18.3 Å². The lowest BCUT2D eigenvalue weighted by Crippen LogP contribution is -2.33. The fraction of sp³-hybridized carbons (Fsp3) is 0.583. The second kappa shape index (κ2) is 4.88. The van der Waals surface area contributed by atoms with E-state index in [0.29, 0.717) is 12.8 Å². The van der Waals surface area contributed by atoms with Crippen molar-refractivity contribution in [1.29, 1.82) is 0 Å². The first-order chi connectivity index (χ1) is 8.80. The molecule has 0 unspecified atom stereocenters. The lowest BCUT2D eigenvalue weighted by molar-refractivity contribution is -0.141. The van der Waals surface area contributed by atoms with E-state index < -0.39 is 17.5 Å². The normalized spacial score (nSPS) is 18.5. The predicted octanol–water partition coefficient (Wildman–Crippen LogP) is 2.40. The Morgan fingerprint density at radius 3 is 2.58 bits per heavy atom. The van der Waals surface area contributed by atoms with Crippen molar-refractivity contribution in [3.05, 3.63) is 18.0 Å². The zero-order valence-corrected chi connectivity index (χ0v) is 10.3. The number of alkyl halides is 3. The highest BCUT2D eigenvalue weighted by molar-refractivity contribution is 5.65. The Labute approximate surface area is 108 Å². The number of aromatic nitrogens is 1. The van der Waals surface area contributed by atoms with Gasteiger partial charge in [-0.3, -0.25) is 0 Å². The van der Waals surface area contributed by atoms with Gasteiger partial charge >= 0.3 is 6.18 Å². The molecule has 4 N–H and O–H groups in total. The molecule has 1 aromatic heterocycles. The van der Waals surface area contributed by atoms with Crippen LogP contribution < -0.4 is 11.1 Å². The summed E-state index contributed by atoms with van der Waals surface area (Å²) in [5, 5.41) is 12.9. The highest BCUT2D eigenvalue weighted by atomic mass is 19.4. The highest BCUT2D eigenvalue weighted by Crippen LogP contribution is 2.33. The summed E-state index contributed by atoms with van der Waals surface area (Å²) in [6.07, 6.45) is -0.373. The van der Waals surface area contributed by atoms with E-state index in [0.717, 1.165) is 25.1 Å². The summed E-state index contributed by atoms with van der Waals surface area (Å²) in [7, 11) is 0. The largest absolute Gasteiger partial charge is 0.433 e. The molecule has 1 saturated carbocycles. The van der Waals surface area contributed by atoms with Gasteiger partial charge in [0.25, 0.3) is 0 Å². The van der Waals surface area contributed by atoms with Crippen LogP contribution in [0, 0.1) is 0 Å². The molecule has 1 fully saturated rings. The molecule has 1 aliphatic rings. The number of rotatable bonds is 3. The average molecular weight is 275 g/mol. The van der Waals surface area contributed by atoms with Crippen LogP contribution in [0.2, 0.25) is 0 Å². The third kappa shape index (κ3) is 3.28. The maximum absolute atomic E-state index is 12.5. The van der Waals surface area contributed by atoms with E-state index in [4.69, 9.17) is 5.73 Å². The highest BCUT2D eigenvalue weighted by Gasteiger charge is 2.34. The number of hydrogen-bond donors (Lipinski definition) is 3. The van der Waals surface area contributed by atoms with Gasteiger partial charge in [-0.2, -0.15) is 13.2 Å². The molecule has 0 bridgehead atoms. The van der Waals surface area contributed by atoms with Crippen LogP contribution in [-0.2, 0) is 6.18 Å². The van der Waals surface area contributed by atoms with Gasteiger partial charge in [0.15, 0.2) is 0 Å². The van der Waals surface area contributed by atoms with Crippen molar-refractivity contribution in [3.63, 3.8) is 0 Å². The van der Waals surface area contributed by atoms with E-state index in [1.54, 1.807) is 0 Å². The van der Waals surface area contributed by atoms with Gasteiger partial charge < -0.3 is 16.2 Å². The van der Waals surface area contributed by atoms with Crippen LogP contribution in [0.3, 0.4) is 0 Å². The van der Waals surface area contributed by atoms with Crippen LogP contribution in [0.1, 0.15) is 31.4 Å². The molecular weight excluding hydrogens is 259 g/mol. The van der Waals surface area contributed by atoms with Crippen molar-refractivity contribution >= 4 is 11.4 Å². The van der Waals surface area contributed by atoms with Crippen molar-refractivity contribution in [1.82, 2.24) is 4.98 Å². The Morgan fingerprint density at radius 2 is 2.00 bits per heavy atom. The standard InChI is InChI=1S/C12H16F3N3O/c13-12(14,15)10-5-9(8(16)6-17-10)18-7-11(19)3-1-2-4-11/h5-6,19H,1-4,7,16H2,(H,17,18). The minimum Gasteiger partial charge on any atom is -0.396 e. The molecule has 0 aromatic carbocycles. The fourth-order valence-corrected chi connectivity index (χ4v) is 2.24. The molecule has 0 spiro atoms. The van der Waals surface area contributed by atoms with Gasteiger partial charge in [0, 0.05) is 6.54 Å². The van der Waals surface area contributed by atoms with E-state index in [1.807, 2.05) is 0 Å². The fourth-order valence-electron chi connectivity index (χ4n) is 2.24. The zero-order valence-electron chi connectivity index (χ0n) is 10.3. The molecule has 106 valence electrons. The quantitative estimate of drug-likeness (QED) is 0.792. The van der Waals surface area contributed by atoms with E-state index in [2.05, 4.69) is 10.3 Å². The summed E-state index contributed by atoms with van der Waals surface area (Å²) in [5.74, 6) is 0. The van der Waals surface area contributed by atoms with Gasteiger partial charge in [-0.1, -0.05) is 12.8 Å². The number of nitrogen functional groups attached to an aromatic ring is 1. The Morgan fingerprint density at radius 1 is 1.37 bits per heavy atom. The van der Waals surface area contributed by atoms with Gasteiger partial charge in [-0.25, -0.2) is 4.98 Å². The van der Waals surface area contributed by atoms with Gasteiger partial charge in [-0.15, -0.1) is 0 Å². The zero-order chi connectivity index (χ0) is 14.1. The molecule has 0 aliphatic heterocycles. The second-order valence-electron chi connectivity index (χ2n) is 4.94. The van der Waals surface area contributed by atoms with Crippen LogP contribution in [-0.4, -0.2) is 22.2 Å². The number of nitrogens with one attached hydrogen (secondary N) is 1. The Hall–Kier alpha value is -1.50. The van der Waals surface area contributed by atoms with Crippen molar-refractivity contribution < 1.29 is 18.3 Å². The molecule has 0 saturated heterocycles. The average Bonchev–Trinajstić information content (AvgIpc) is 2.74. The lowest BCUT2D eigenvalue weighted by Gasteiger charge is -2.23. The maximum atomic E-state index is 12.5. The molecular formula is C12H16F3N3O. The molecule has 19 heavy (non-hydrogen) atoms. The van der Waals surface area contributed by atoms with Gasteiger partial charge in [-0.05, 0) is 18.9 Å². The summed E-state index contributed by atoms with van der Waals surface area (Å²) in [4.78, 5) is 3.25. The van der Waals surface area contributed by atoms with Crippen molar-refractivity contribution in [2.75, 3.05) is 17.6 Å². The van der Waals surface area contributed by atoms with Gasteiger partial charge in [0.1, 0.15) is 5.69 Å². The SMILES string of the molecule is Nc1cnc(C(F)(F)F)cc1NCC1(O)CCCC1. The second-order valence-corrected chi connectivity index (χ2v) is 4.94. The Balaban J connectivity index is 2.11. The first-order valence-electron chi connectivity index (χ1n) is 6.09. The van der Waals surface area contributed by atoms with Crippen LogP contribution in [0.5, 0.6) is 0 Å². The van der Waals surface area contributed by atoms with Gasteiger partial charge in [0.05, 0.1) is 23.2 Å². The minimum atomic E-state index is -4.51. The van der Waals surface area contributed by atoms with Crippen molar-refractivity contribution in [2.45, 2.75) is 37.5 Å². The first kappa shape index (κ1) is 13.9. The van der Waals surface area contributed by atoms with Crippen molar-refractivity contribution in [2.24, 2.45) is 0 Å². The summed E-state index contributed by atoms with van der Waals surface area (Å²) in [6.45, 7) is 0.193. The number of nitrogens with two attached hydrogens (primary N) is 1. The number of hydrogen-bond acceptors (Lipinski definition) is 4. The first-order valence-corrected chi connectivity index (χ1v) is 6.09. The predicted molar refractivity (Wildman–Crippen MR) is 65.6 cm³/mol. The molecule has 4 nitrogen and oxygen atoms in total. The monoisotopic (exact) mass is 275 g/mol. The molecule has 0 atom stereocenters. The molecule has 0 radical (unpaired) electrons. The number of pyridine rings is 1. The molecule has 2 rings (SSSR count). The van der Waals surface area contributed by atoms with Crippen LogP contribution in [0.15, 0.2) is 12.3 Å². The molecule has 1 aromatic rings.